The van der Waals surface area contributed by atoms with Gasteiger partial charge in [0.2, 0.25) is 5.91 Å². The van der Waals surface area contributed by atoms with Crippen molar-refractivity contribution >= 4 is 46.9 Å². The molecule has 1 saturated heterocycles. The Morgan fingerprint density at radius 2 is 1.54 bits per heavy atom. The highest BCUT2D eigenvalue weighted by molar-refractivity contribution is 6.35. The topological polar surface area (TPSA) is 200 Å². The first kappa shape index (κ1) is 34.8. The molecular weight excluding hydrogens is 643 g/mol. The van der Waals surface area contributed by atoms with Crippen LogP contribution in [-0.2, 0) is 9.59 Å². The van der Waals surface area contributed by atoms with Crippen molar-refractivity contribution in [1.82, 2.24) is 20.4 Å². The lowest BCUT2D eigenvalue weighted by Gasteiger charge is -2.46. The van der Waals surface area contributed by atoms with Gasteiger partial charge in [-0.25, -0.2) is 4.79 Å². The Balaban J connectivity index is 1.47. The van der Waals surface area contributed by atoms with Crippen LogP contribution in [0.3, 0.4) is 0 Å². The number of phenols is 3. The lowest BCUT2D eigenvalue weighted by molar-refractivity contribution is -0.163. The molecule has 3 amide bonds. The molecule has 46 heavy (non-hydrogen) atoms. The number of aryl methyl sites for hydroxylation is 1. The molecule has 15 heteroatoms. The second kappa shape index (κ2) is 14.2. The second-order valence-electron chi connectivity index (χ2n) is 11.5. The summed E-state index contributed by atoms with van der Waals surface area (Å²) in [6.07, 6.45) is -0.546. The quantitative estimate of drug-likeness (QED) is 0.0938. The summed E-state index contributed by atoms with van der Waals surface area (Å²) in [6, 6.07) is 4.99. The molecule has 248 valence electrons. The predicted molar refractivity (Wildman–Crippen MR) is 168 cm³/mol. The van der Waals surface area contributed by atoms with E-state index in [4.69, 9.17) is 23.2 Å². The molecule has 0 aromatic heterocycles. The number of carbonyl (C=O) groups is 4. The molecular formula is C31H36Cl2N4O9. The summed E-state index contributed by atoms with van der Waals surface area (Å²) in [5.41, 5.74) is 0.955. The monoisotopic (exact) mass is 678 g/mol. The maximum atomic E-state index is 12.8. The van der Waals surface area contributed by atoms with E-state index in [9.17, 15) is 44.7 Å². The standard InChI is InChI=1S/C31H36Cl2N4O9/c1-14-5-6-17(22(32)26(14)40)28(42)34-9-4-11-36(12-10-35-29(43)18-7-8-20(39)27(41)23(18)33)13-19-15(2)24-21(16(3)38)30(44)37(24)25(19)31(45)46/h5-8,15-16,21,24,38-41H,4,9-13H2,1-3H3,(H,34,42)(H,35,43)(H,45,46)/t15-,16+,21+,24+/m0/s1. The first-order chi connectivity index (χ1) is 21.7. The van der Waals surface area contributed by atoms with E-state index < -0.39 is 53.3 Å². The molecule has 7 N–H and O–H groups in total. The van der Waals surface area contributed by atoms with Gasteiger partial charge in [-0.3, -0.25) is 19.3 Å². The number of nitrogens with zero attached hydrogens (tertiary/aromatic N) is 2. The van der Waals surface area contributed by atoms with Crippen LogP contribution < -0.4 is 10.6 Å². The van der Waals surface area contributed by atoms with Crippen LogP contribution in [0, 0.1) is 18.8 Å². The van der Waals surface area contributed by atoms with E-state index in [1.54, 1.807) is 13.0 Å². The van der Waals surface area contributed by atoms with Crippen LogP contribution in [0.2, 0.25) is 10.0 Å². The Kier molecular flexibility index (Phi) is 10.7. The van der Waals surface area contributed by atoms with Crippen LogP contribution in [0.4, 0.5) is 0 Å². The zero-order valence-corrected chi connectivity index (χ0v) is 26.9. The number of phenolic OH excluding ortho intramolecular Hbond substituents is 3. The molecule has 0 radical (unpaired) electrons. The first-order valence-corrected chi connectivity index (χ1v) is 15.4. The van der Waals surface area contributed by atoms with Gasteiger partial charge in [-0.15, -0.1) is 0 Å². The normalized spacial score (nSPS) is 19.6. The predicted octanol–water partition coefficient (Wildman–Crippen LogP) is 2.47. The maximum absolute atomic E-state index is 12.8. The largest absolute Gasteiger partial charge is 0.506 e. The molecule has 2 aromatic rings. The average molecular weight is 680 g/mol. The van der Waals surface area contributed by atoms with E-state index in [1.807, 2.05) is 11.8 Å². The average Bonchev–Trinajstić information content (AvgIpc) is 3.23. The first-order valence-electron chi connectivity index (χ1n) is 14.6. The van der Waals surface area contributed by atoms with E-state index in [1.165, 1.54) is 24.0 Å². The van der Waals surface area contributed by atoms with Crippen molar-refractivity contribution in [2.24, 2.45) is 11.8 Å². The third-order valence-electron chi connectivity index (χ3n) is 8.46. The molecule has 0 saturated carbocycles. The van der Waals surface area contributed by atoms with Crippen molar-refractivity contribution in [1.29, 1.82) is 0 Å². The Morgan fingerprint density at radius 1 is 0.957 bits per heavy atom. The van der Waals surface area contributed by atoms with Gasteiger partial charge in [0.05, 0.1) is 39.2 Å². The molecule has 4 rings (SSSR count). The second-order valence-corrected chi connectivity index (χ2v) is 12.2. The molecule has 2 aliphatic heterocycles. The summed E-state index contributed by atoms with van der Waals surface area (Å²) < 4.78 is 0. The Bertz CT molecular complexity index is 1600. The van der Waals surface area contributed by atoms with Gasteiger partial charge < -0.3 is 41.1 Å². The number of carboxylic acid groups (broad SMARTS) is 1. The summed E-state index contributed by atoms with van der Waals surface area (Å²) in [7, 11) is 0. The van der Waals surface area contributed by atoms with Crippen molar-refractivity contribution in [3.05, 3.63) is 62.3 Å². The van der Waals surface area contributed by atoms with Crippen LogP contribution >= 0.6 is 23.2 Å². The van der Waals surface area contributed by atoms with Gasteiger partial charge in [-0.1, -0.05) is 36.2 Å². The number of hydrogen-bond donors (Lipinski definition) is 7. The molecule has 2 aromatic carbocycles. The number of carbonyl (C=O) groups excluding carboxylic acids is 3. The van der Waals surface area contributed by atoms with Crippen LogP contribution in [0.15, 0.2) is 35.5 Å². The van der Waals surface area contributed by atoms with Crippen molar-refractivity contribution in [3.8, 4) is 17.2 Å². The van der Waals surface area contributed by atoms with Crippen molar-refractivity contribution in [2.45, 2.75) is 39.3 Å². The van der Waals surface area contributed by atoms with E-state index >= 15 is 0 Å². The number of nitrogens with one attached hydrogen (secondary N) is 2. The number of hydrogen-bond acceptors (Lipinski definition) is 9. The number of aromatic hydroxyl groups is 3. The number of amides is 3. The summed E-state index contributed by atoms with van der Waals surface area (Å²) in [6.45, 7) is 5.93. The zero-order chi connectivity index (χ0) is 34.0. The van der Waals surface area contributed by atoms with Gasteiger partial charge in [0.1, 0.15) is 11.4 Å². The van der Waals surface area contributed by atoms with Crippen molar-refractivity contribution < 1.29 is 44.7 Å². The fourth-order valence-corrected chi connectivity index (χ4v) is 6.50. The van der Waals surface area contributed by atoms with Crippen molar-refractivity contribution in [2.75, 3.05) is 32.7 Å². The summed E-state index contributed by atoms with van der Waals surface area (Å²) in [5.74, 6) is -5.17. The van der Waals surface area contributed by atoms with E-state index in [2.05, 4.69) is 10.6 Å². The summed E-state index contributed by atoms with van der Waals surface area (Å²) in [5, 5.41) is 54.9. The fourth-order valence-electron chi connectivity index (χ4n) is 5.95. The van der Waals surface area contributed by atoms with E-state index in [0.717, 1.165) is 6.07 Å². The van der Waals surface area contributed by atoms with E-state index in [0.29, 0.717) is 24.1 Å². The summed E-state index contributed by atoms with van der Waals surface area (Å²) >= 11 is 12.2. The number of rotatable bonds is 13. The van der Waals surface area contributed by atoms with Gasteiger partial charge in [0, 0.05) is 38.6 Å². The molecule has 4 atom stereocenters. The number of aliphatic carboxylic acids is 1. The number of β-lactam (4-membered cyclic amide) rings is 1. The molecule has 13 nitrogen and oxygen atoms in total. The van der Waals surface area contributed by atoms with Crippen LogP contribution in [0.25, 0.3) is 0 Å². The van der Waals surface area contributed by atoms with Crippen molar-refractivity contribution in [3.63, 3.8) is 0 Å². The maximum Gasteiger partial charge on any atom is 0.352 e. The molecule has 1 fully saturated rings. The Hall–Kier alpha value is -4.04. The summed E-state index contributed by atoms with van der Waals surface area (Å²) in [4.78, 5) is 53.7. The van der Waals surface area contributed by atoms with Gasteiger partial charge in [0.25, 0.3) is 11.8 Å². The highest BCUT2D eigenvalue weighted by Crippen LogP contribution is 2.47. The van der Waals surface area contributed by atoms with Crippen LogP contribution in [-0.4, -0.2) is 104 Å². The lowest BCUT2D eigenvalue weighted by atomic mass is 9.77. The Labute approximate surface area is 275 Å². The zero-order valence-electron chi connectivity index (χ0n) is 25.4. The van der Waals surface area contributed by atoms with Gasteiger partial charge in [-0.05, 0) is 49.6 Å². The van der Waals surface area contributed by atoms with Gasteiger partial charge >= 0.3 is 5.97 Å². The fraction of sp³-hybridized carbons (Fsp3) is 0.419. The van der Waals surface area contributed by atoms with E-state index in [-0.39, 0.29) is 64.7 Å². The van der Waals surface area contributed by atoms with Gasteiger partial charge in [0.15, 0.2) is 11.5 Å². The minimum absolute atomic E-state index is 0.0561. The minimum Gasteiger partial charge on any atom is -0.506 e. The SMILES string of the molecule is Cc1ccc(C(=O)NCCCN(CCNC(=O)c2ccc(O)c(O)c2Cl)CC2=C(C(=O)O)N3C(=O)[C@H]([C@@H](C)O)[C@H]3[C@H]2C)c(Cl)c1O. The molecule has 0 unspecified atom stereocenters. The number of aliphatic hydroxyl groups excluding tert-OH is 1. The smallest absolute Gasteiger partial charge is 0.352 e. The highest BCUT2D eigenvalue weighted by Gasteiger charge is 2.59. The number of halogens is 2. The third kappa shape index (κ3) is 6.73. The van der Waals surface area contributed by atoms with Crippen LogP contribution in [0.1, 0.15) is 46.5 Å². The molecule has 2 heterocycles. The number of aliphatic hydroxyl groups is 1. The number of fused-ring (bicyclic) bond motifs is 1. The number of benzene rings is 2. The molecule has 0 spiro atoms. The third-order valence-corrected chi connectivity index (χ3v) is 9.23. The lowest BCUT2D eigenvalue weighted by Crippen LogP contribution is -2.63. The molecule has 0 aliphatic carbocycles. The van der Waals surface area contributed by atoms with Crippen LogP contribution in [0.5, 0.6) is 17.2 Å². The number of carboxylic acids is 1. The van der Waals surface area contributed by atoms with Gasteiger partial charge in [-0.2, -0.15) is 0 Å². The molecule has 2 aliphatic rings. The Morgan fingerprint density at radius 3 is 2.15 bits per heavy atom. The highest BCUT2D eigenvalue weighted by atomic mass is 35.5. The minimum atomic E-state index is -1.26. The molecule has 0 bridgehead atoms.